The van der Waals surface area contributed by atoms with Gasteiger partial charge in [0.05, 0.1) is 12.9 Å². The van der Waals surface area contributed by atoms with Crippen LogP contribution in [-0.4, -0.2) is 59.8 Å². The average molecular weight is 385 g/mol. The van der Waals surface area contributed by atoms with E-state index in [9.17, 15) is 15.3 Å². The van der Waals surface area contributed by atoms with Crippen LogP contribution in [-0.2, 0) is 4.74 Å². The maximum Gasteiger partial charge on any atom is 0.168 e. The van der Waals surface area contributed by atoms with Crippen LogP contribution >= 0.6 is 0 Å². The minimum atomic E-state index is -1.21. The molecule has 0 radical (unpaired) electrons. The number of aliphatic hydroxyl groups is 3. The summed E-state index contributed by atoms with van der Waals surface area (Å²) in [5.74, 6) is 1.22. The van der Waals surface area contributed by atoms with Gasteiger partial charge >= 0.3 is 0 Å². The predicted octanol–water partition coefficient (Wildman–Crippen LogP) is 1.30. The monoisotopic (exact) mass is 385 g/mol. The third kappa shape index (κ3) is 3.22. The van der Waals surface area contributed by atoms with Gasteiger partial charge in [-0.3, -0.25) is 4.57 Å². The molecule has 0 aliphatic carbocycles. The van der Waals surface area contributed by atoms with Crippen LogP contribution in [0.15, 0.2) is 36.7 Å². The van der Waals surface area contributed by atoms with Crippen molar-refractivity contribution in [2.24, 2.45) is 0 Å². The number of hydrogen-bond acceptors (Lipinski definition) is 8. The van der Waals surface area contributed by atoms with Crippen LogP contribution < -0.4 is 5.32 Å². The number of hydrogen-bond donors (Lipinski definition) is 4. The molecule has 4 rings (SSSR count). The summed E-state index contributed by atoms with van der Waals surface area (Å²) in [6, 6.07) is 9.61. The normalized spacial score (nSPS) is 24.9. The fourth-order valence-electron chi connectivity index (χ4n) is 3.23. The Morgan fingerprint density at radius 2 is 1.89 bits per heavy atom. The smallest absolute Gasteiger partial charge is 0.168 e. The minimum Gasteiger partial charge on any atom is -0.394 e. The number of nitrogens with one attached hydrogen (secondary N) is 1. The van der Waals surface area contributed by atoms with E-state index in [-0.39, 0.29) is 5.92 Å². The second-order valence-corrected chi connectivity index (χ2v) is 7.13. The van der Waals surface area contributed by atoms with E-state index < -0.39 is 31.1 Å². The van der Waals surface area contributed by atoms with Crippen molar-refractivity contribution in [3.8, 4) is 0 Å². The van der Waals surface area contributed by atoms with Crippen LogP contribution in [0.2, 0.25) is 0 Å². The highest BCUT2D eigenvalue weighted by atomic mass is 16.6. The molecule has 4 atom stereocenters. The molecule has 1 saturated heterocycles. The molecule has 1 aromatic carbocycles. The SMILES string of the molecule is CC(C)c1nc(Nc2ccccc2)c2ncn([C@@H]3O[C@H](CO)[C@@H](O)[C@H]3O)c2n1. The van der Waals surface area contributed by atoms with Crippen molar-refractivity contribution in [3.05, 3.63) is 42.5 Å². The Labute approximate surface area is 161 Å². The van der Waals surface area contributed by atoms with E-state index in [1.807, 2.05) is 44.2 Å². The lowest BCUT2D eigenvalue weighted by atomic mass is 10.1. The first-order valence-electron chi connectivity index (χ1n) is 9.18. The molecule has 4 N–H and O–H groups in total. The fourth-order valence-corrected chi connectivity index (χ4v) is 3.23. The van der Waals surface area contributed by atoms with Crippen molar-refractivity contribution in [2.45, 2.75) is 44.3 Å². The van der Waals surface area contributed by atoms with Crippen LogP contribution in [0.3, 0.4) is 0 Å². The molecule has 9 nitrogen and oxygen atoms in total. The van der Waals surface area contributed by atoms with Gasteiger partial charge in [-0.1, -0.05) is 32.0 Å². The van der Waals surface area contributed by atoms with Crippen molar-refractivity contribution in [2.75, 3.05) is 11.9 Å². The largest absolute Gasteiger partial charge is 0.394 e. The topological polar surface area (TPSA) is 126 Å². The Bertz CT molecular complexity index is 962. The molecular formula is C19H23N5O4. The number of para-hydroxylation sites is 1. The summed E-state index contributed by atoms with van der Waals surface area (Å²) in [7, 11) is 0. The second kappa shape index (κ2) is 7.44. The van der Waals surface area contributed by atoms with Crippen LogP contribution in [0.5, 0.6) is 0 Å². The van der Waals surface area contributed by atoms with Crippen molar-refractivity contribution >= 4 is 22.7 Å². The van der Waals surface area contributed by atoms with Gasteiger partial charge < -0.3 is 25.4 Å². The Kier molecular flexibility index (Phi) is 4.98. The Hall–Kier alpha value is -2.59. The number of anilines is 2. The van der Waals surface area contributed by atoms with Gasteiger partial charge in [-0.25, -0.2) is 15.0 Å². The van der Waals surface area contributed by atoms with Crippen LogP contribution in [0.25, 0.3) is 11.2 Å². The van der Waals surface area contributed by atoms with E-state index in [0.717, 1.165) is 5.69 Å². The number of fused-ring (bicyclic) bond motifs is 1. The van der Waals surface area contributed by atoms with E-state index in [1.54, 1.807) is 4.57 Å². The molecule has 1 fully saturated rings. The van der Waals surface area contributed by atoms with Gasteiger partial charge in [0.1, 0.15) is 24.1 Å². The molecule has 148 valence electrons. The van der Waals surface area contributed by atoms with Gasteiger partial charge in [0.25, 0.3) is 0 Å². The van der Waals surface area contributed by atoms with Crippen LogP contribution in [0.4, 0.5) is 11.5 Å². The number of rotatable bonds is 5. The zero-order valence-corrected chi connectivity index (χ0v) is 15.6. The quantitative estimate of drug-likeness (QED) is 0.518. The minimum absolute atomic E-state index is 0.0641. The van der Waals surface area contributed by atoms with Crippen LogP contribution in [0.1, 0.15) is 31.8 Å². The third-order valence-electron chi connectivity index (χ3n) is 4.78. The number of aliphatic hydroxyl groups excluding tert-OH is 3. The zero-order valence-electron chi connectivity index (χ0n) is 15.6. The number of aromatic nitrogens is 4. The lowest BCUT2D eigenvalue weighted by Gasteiger charge is -2.17. The standard InChI is InChI=1S/C19H23N5O4/c1-10(2)16-22-17(21-11-6-4-3-5-7-11)13-18(23-16)24(9-20-13)19-15(27)14(26)12(8-25)28-19/h3-7,9-10,12,14-15,19,25-27H,8H2,1-2H3,(H,21,22,23)/t12-,14-,15-,19-/m1/s1. The van der Waals surface area contributed by atoms with Gasteiger partial charge in [0.15, 0.2) is 23.2 Å². The third-order valence-corrected chi connectivity index (χ3v) is 4.78. The van der Waals surface area contributed by atoms with Crippen LogP contribution in [0, 0.1) is 0 Å². The van der Waals surface area contributed by atoms with E-state index in [0.29, 0.717) is 22.8 Å². The molecule has 0 spiro atoms. The Morgan fingerprint density at radius 3 is 2.54 bits per heavy atom. The number of imidazole rings is 1. The maximum atomic E-state index is 10.4. The summed E-state index contributed by atoms with van der Waals surface area (Å²) in [5.41, 5.74) is 1.86. The van der Waals surface area contributed by atoms with E-state index in [2.05, 4.69) is 20.3 Å². The van der Waals surface area contributed by atoms with Crippen molar-refractivity contribution in [1.29, 1.82) is 0 Å². The van der Waals surface area contributed by atoms with Crippen molar-refractivity contribution in [1.82, 2.24) is 19.5 Å². The van der Waals surface area contributed by atoms with Gasteiger partial charge in [-0.15, -0.1) is 0 Å². The summed E-state index contributed by atoms with van der Waals surface area (Å²) >= 11 is 0. The highest BCUT2D eigenvalue weighted by molar-refractivity contribution is 5.85. The van der Waals surface area contributed by atoms with Gasteiger partial charge in [-0.05, 0) is 12.1 Å². The molecule has 9 heteroatoms. The maximum absolute atomic E-state index is 10.4. The molecular weight excluding hydrogens is 362 g/mol. The van der Waals surface area contributed by atoms with Crippen molar-refractivity contribution < 1.29 is 20.1 Å². The van der Waals surface area contributed by atoms with Gasteiger partial charge in [0, 0.05) is 11.6 Å². The molecule has 1 aliphatic rings. The number of benzene rings is 1. The molecule has 0 amide bonds. The summed E-state index contributed by atoms with van der Waals surface area (Å²) in [4.78, 5) is 13.6. The predicted molar refractivity (Wildman–Crippen MR) is 102 cm³/mol. The molecule has 2 aromatic heterocycles. The van der Waals surface area contributed by atoms with Gasteiger partial charge in [-0.2, -0.15) is 0 Å². The second-order valence-electron chi connectivity index (χ2n) is 7.13. The van der Waals surface area contributed by atoms with E-state index in [4.69, 9.17) is 4.74 Å². The number of nitrogens with zero attached hydrogens (tertiary/aromatic N) is 4. The number of ether oxygens (including phenoxy) is 1. The highest BCUT2D eigenvalue weighted by Crippen LogP contribution is 2.33. The summed E-state index contributed by atoms with van der Waals surface area (Å²) in [5, 5.41) is 33.1. The Morgan fingerprint density at radius 1 is 1.14 bits per heavy atom. The molecule has 3 aromatic rings. The fraction of sp³-hybridized carbons (Fsp3) is 0.421. The first-order valence-corrected chi connectivity index (χ1v) is 9.18. The zero-order chi connectivity index (χ0) is 19.8. The molecule has 28 heavy (non-hydrogen) atoms. The first kappa shape index (κ1) is 18.8. The molecule has 0 bridgehead atoms. The molecule has 1 aliphatic heterocycles. The summed E-state index contributed by atoms with van der Waals surface area (Å²) in [6.07, 6.45) is -2.68. The van der Waals surface area contributed by atoms with E-state index in [1.165, 1.54) is 6.33 Å². The van der Waals surface area contributed by atoms with E-state index >= 15 is 0 Å². The highest BCUT2D eigenvalue weighted by Gasteiger charge is 2.44. The average Bonchev–Trinajstić information content (AvgIpc) is 3.24. The molecule has 0 saturated carbocycles. The first-order chi connectivity index (χ1) is 13.5. The Balaban J connectivity index is 1.80. The summed E-state index contributed by atoms with van der Waals surface area (Å²) < 4.78 is 7.21. The molecule has 0 unspecified atom stereocenters. The summed E-state index contributed by atoms with van der Waals surface area (Å²) in [6.45, 7) is 3.58. The van der Waals surface area contributed by atoms with Crippen molar-refractivity contribution in [3.63, 3.8) is 0 Å². The molecule has 3 heterocycles. The van der Waals surface area contributed by atoms with Gasteiger partial charge in [0.2, 0.25) is 0 Å². The lowest BCUT2D eigenvalue weighted by Crippen LogP contribution is -2.33. The lowest BCUT2D eigenvalue weighted by molar-refractivity contribution is -0.0511.